The molecule has 0 aliphatic carbocycles. The first-order chi connectivity index (χ1) is 9.19. The maximum absolute atomic E-state index is 5.51. The molecule has 1 fully saturated rings. The van der Waals surface area contributed by atoms with Gasteiger partial charge in [-0.1, -0.05) is 0 Å². The van der Waals surface area contributed by atoms with Gasteiger partial charge in [0.05, 0.1) is 12.8 Å². The van der Waals surface area contributed by atoms with Crippen molar-refractivity contribution in [2.45, 2.75) is 25.9 Å². The Bertz CT molecular complexity index is 369. The quantitative estimate of drug-likeness (QED) is 0.849. The molecule has 0 saturated carbocycles. The van der Waals surface area contributed by atoms with Gasteiger partial charge in [-0.15, -0.1) is 0 Å². The predicted molar refractivity (Wildman–Crippen MR) is 78.0 cm³/mol. The zero-order valence-electron chi connectivity index (χ0n) is 12.5. The van der Waals surface area contributed by atoms with Crippen molar-refractivity contribution in [3.63, 3.8) is 0 Å². The second-order valence-corrected chi connectivity index (χ2v) is 5.84. The third kappa shape index (κ3) is 4.34. The van der Waals surface area contributed by atoms with Crippen molar-refractivity contribution in [2.75, 3.05) is 40.8 Å². The summed E-state index contributed by atoms with van der Waals surface area (Å²) in [5.74, 6) is 1.92. The van der Waals surface area contributed by atoms with Crippen molar-refractivity contribution < 1.29 is 4.42 Å². The van der Waals surface area contributed by atoms with E-state index in [0.29, 0.717) is 0 Å². The minimum Gasteiger partial charge on any atom is -0.468 e. The van der Waals surface area contributed by atoms with Gasteiger partial charge in [0.2, 0.25) is 0 Å². The molecular formula is C15H27N3O. The van der Waals surface area contributed by atoms with E-state index in [1.165, 1.54) is 38.0 Å². The van der Waals surface area contributed by atoms with Gasteiger partial charge in [-0.2, -0.15) is 0 Å². The number of hydrogen-bond acceptors (Lipinski definition) is 4. The Morgan fingerprint density at radius 1 is 1.42 bits per heavy atom. The van der Waals surface area contributed by atoms with Crippen LogP contribution >= 0.6 is 0 Å². The van der Waals surface area contributed by atoms with Gasteiger partial charge < -0.3 is 19.5 Å². The molecule has 0 unspecified atom stereocenters. The van der Waals surface area contributed by atoms with E-state index in [4.69, 9.17) is 4.42 Å². The number of nitrogens with zero attached hydrogens (tertiary/aromatic N) is 2. The smallest absolute Gasteiger partial charge is 0.122 e. The third-order valence-electron chi connectivity index (χ3n) is 4.02. The lowest BCUT2D eigenvalue weighted by Crippen LogP contribution is -2.35. The molecule has 1 aliphatic heterocycles. The summed E-state index contributed by atoms with van der Waals surface area (Å²) in [6.07, 6.45) is 4.45. The Balaban J connectivity index is 1.80. The van der Waals surface area contributed by atoms with Gasteiger partial charge in [0, 0.05) is 18.7 Å². The Hall–Kier alpha value is -0.840. The van der Waals surface area contributed by atoms with E-state index in [9.17, 15) is 0 Å². The Labute approximate surface area is 116 Å². The minimum atomic E-state index is 0.810. The summed E-state index contributed by atoms with van der Waals surface area (Å²) in [5.41, 5.74) is 1.31. The van der Waals surface area contributed by atoms with Crippen LogP contribution in [0.2, 0.25) is 0 Å². The fourth-order valence-electron chi connectivity index (χ4n) is 2.86. The van der Waals surface area contributed by atoms with Crippen molar-refractivity contribution in [3.8, 4) is 0 Å². The van der Waals surface area contributed by atoms with Gasteiger partial charge in [-0.05, 0) is 59.1 Å². The van der Waals surface area contributed by atoms with Crippen LogP contribution in [0.15, 0.2) is 16.7 Å². The van der Waals surface area contributed by atoms with E-state index < -0.39 is 0 Å². The molecule has 108 valence electrons. The highest BCUT2D eigenvalue weighted by atomic mass is 16.3. The van der Waals surface area contributed by atoms with Gasteiger partial charge in [0.1, 0.15) is 5.76 Å². The molecule has 0 bridgehead atoms. The second-order valence-electron chi connectivity index (χ2n) is 5.84. The molecule has 2 rings (SSSR count). The van der Waals surface area contributed by atoms with Gasteiger partial charge in [-0.3, -0.25) is 0 Å². The summed E-state index contributed by atoms with van der Waals surface area (Å²) >= 11 is 0. The Morgan fingerprint density at radius 3 is 2.84 bits per heavy atom. The topological polar surface area (TPSA) is 31.7 Å². The number of nitrogens with one attached hydrogen (secondary N) is 1. The standard InChI is InChI=1S/C15H27N3O/c1-16-10-15-14(6-9-19-15)12-18(3)11-13-4-7-17(2)8-5-13/h6,9,13,16H,4-5,7-8,10-12H2,1-3H3. The molecule has 19 heavy (non-hydrogen) atoms. The molecule has 1 N–H and O–H groups in total. The van der Waals surface area contributed by atoms with E-state index in [0.717, 1.165) is 24.8 Å². The van der Waals surface area contributed by atoms with Crippen LogP contribution in [0.3, 0.4) is 0 Å². The highest BCUT2D eigenvalue weighted by Crippen LogP contribution is 2.19. The fraction of sp³-hybridized carbons (Fsp3) is 0.733. The van der Waals surface area contributed by atoms with Gasteiger partial charge >= 0.3 is 0 Å². The van der Waals surface area contributed by atoms with Gasteiger partial charge in [-0.25, -0.2) is 0 Å². The SMILES string of the molecule is CNCc1occc1CN(C)CC1CCN(C)CC1. The molecule has 1 aromatic heterocycles. The van der Waals surface area contributed by atoms with Crippen LogP contribution in [0.4, 0.5) is 0 Å². The largest absolute Gasteiger partial charge is 0.468 e. The molecule has 4 nitrogen and oxygen atoms in total. The van der Waals surface area contributed by atoms with E-state index in [-0.39, 0.29) is 0 Å². The first kappa shape index (κ1) is 14.6. The molecule has 0 aromatic carbocycles. The van der Waals surface area contributed by atoms with Crippen LogP contribution in [0, 0.1) is 5.92 Å². The van der Waals surface area contributed by atoms with E-state index in [1.54, 1.807) is 6.26 Å². The maximum atomic E-state index is 5.51. The van der Waals surface area contributed by atoms with Crippen LogP contribution < -0.4 is 5.32 Å². The summed E-state index contributed by atoms with van der Waals surface area (Å²) in [6, 6.07) is 2.10. The highest BCUT2D eigenvalue weighted by molar-refractivity contribution is 5.16. The molecule has 0 atom stereocenters. The van der Waals surface area contributed by atoms with Crippen LogP contribution in [0.25, 0.3) is 0 Å². The molecule has 4 heteroatoms. The normalized spacial score (nSPS) is 18.3. The number of piperidine rings is 1. The summed E-state index contributed by atoms with van der Waals surface area (Å²) < 4.78 is 5.51. The minimum absolute atomic E-state index is 0.810. The zero-order chi connectivity index (χ0) is 13.7. The van der Waals surface area contributed by atoms with Crippen LogP contribution in [0.1, 0.15) is 24.2 Å². The van der Waals surface area contributed by atoms with E-state index in [2.05, 4.69) is 35.3 Å². The average Bonchev–Trinajstić information content (AvgIpc) is 2.80. The lowest BCUT2D eigenvalue weighted by Gasteiger charge is -2.31. The number of hydrogen-bond donors (Lipinski definition) is 1. The molecule has 1 aromatic rings. The number of rotatable bonds is 6. The van der Waals surface area contributed by atoms with E-state index >= 15 is 0 Å². The van der Waals surface area contributed by atoms with Crippen LogP contribution in [-0.4, -0.2) is 50.6 Å². The fourth-order valence-corrected chi connectivity index (χ4v) is 2.86. The lowest BCUT2D eigenvalue weighted by molar-refractivity contribution is 0.173. The van der Waals surface area contributed by atoms with Gasteiger partial charge in [0.15, 0.2) is 0 Å². The molecule has 0 radical (unpaired) electrons. The third-order valence-corrected chi connectivity index (χ3v) is 4.02. The van der Waals surface area contributed by atoms with Crippen LogP contribution in [-0.2, 0) is 13.1 Å². The van der Waals surface area contributed by atoms with Crippen molar-refractivity contribution in [1.29, 1.82) is 0 Å². The number of furan rings is 1. The predicted octanol–water partition coefficient (Wildman–Crippen LogP) is 1.77. The summed E-state index contributed by atoms with van der Waals surface area (Å²) in [6.45, 7) is 5.48. The number of likely N-dealkylation sites (tertiary alicyclic amines) is 1. The molecule has 1 saturated heterocycles. The maximum Gasteiger partial charge on any atom is 0.122 e. The molecule has 2 heterocycles. The molecule has 1 aliphatic rings. The van der Waals surface area contributed by atoms with Crippen molar-refractivity contribution in [1.82, 2.24) is 15.1 Å². The second kappa shape index (κ2) is 7.08. The molecular weight excluding hydrogens is 238 g/mol. The lowest BCUT2D eigenvalue weighted by atomic mass is 9.96. The highest BCUT2D eigenvalue weighted by Gasteiger charge is 2.18. The zero-order valence-corrected chi connectivity index (χ0v) is 12.5. The van der Waals surface area contributed by atoms with Crippen molar-refractivity contribution >= 4 is 0 Å². The Kier molecular flexibility index (Phi) is 5.43. The molecule has 0 amide bonds. The average molecular weight is 265 g/mol. The van der Waals surface area contributed by atoms with E-state index in [1.807, 2.05) is 7.05 Å². The molecule has 0 spiro atoms. The summed E-state index contributed by atoms with van der Waals surface area (Å²) in [5, 5.41) is 3.15. The van der Waals surface area contributed by atoms with Crippen molar-refractivity contribution in [3.05, 3.63) is 23.7 Å². The van der Waals surface area contributed by atoms with Crippen molar-refractivity contribution in [2.24, 2.45) is 5.92 Å². The van der Waals surface area contributed by atoms with Gasteiger partial charge in [0.25, 0.3) is 0 Å². The Morgan fingerprint density at radius 2 is 2.16 bits per heavy atom. The summed E-state index contributed by atoms with van der Waals surface area (Å²) in [7, 11) is 6.39. The first-order valence-corrected chi connectivity index (χ1v) is 7.26. The van der Waals surface area contributed by atoms with Crippen LogP contribution in [0.5, 0.6) is 0 Å². The monoisotopic (exact) mass is 265 g/mol. The summed E-state index contributed by atoms with van der Waals surface area (Å²) in [4.78, 5) is 4.86. The first-order valence-electron chi connectivity index (χ1n) is 7.26.